The molecule has 10 nitrogen and oxygen atoms in total. The predicted molar refractivity (Wildman–Crippen MR) is 133 cm³/mol. The highest BCUT2D eigenvalue weighted by Crippen LogP contribution is 2.65. The maximum atomic E-state index is 13.4. The van der Waals surface area contributed by atoms with Gasteiger partial charge >= 0.3 is 0 Å². The van der Waals surface area contributed by atoms with E-state index in [4.69, 9.17) is 0 Å². The van der Waals surface area contributed by atoms with E-state index < -0.39 is 15.4 Å². The van der Waals surface area contributed by atoms with Gasteiger partial charge in [0.05, 0.1) is 29.5 Å². The van der Waals surface area contributed by atoms with E-state index in [9.17, 15) is 17.6 Å². The number of nitrogens with one attached hydrogen (secondary N) is 1. The van der Waals surface area contributed by atoms with Crippen molar-refractivity contribution in [2.24, 2.45) is 18.9 Å². The van der Waals surface area contributed by atoms with Gasteiger partial charge in [-0.2, -0.15) is 19.3 Å². The smallest absolute Gasteiger partial charge is 0.264 e. The zero-order valence-corrected chi connectivity index (χ0v) is 21.4. The van der Waals surface area contributed by atoms with Gasteiger partial charge in [-0.25, -0.2) is 17.5 Å². The van der Waals surface area contributed by atoms with E-state index in [1.165, 1.54) is 27.4 Å². The van der Waals surface area contributed by atoms with E-state index in [1.807, 2.05) is 26.0 Å². The molecular formula is C25H26FN7O3S. The van der Waals surface area contributed by atoms with Crippen LogP contribution in [0.2, 0.25) is 0 Å². The van der Waals surface area contributed by atoms with Gasteiger partial charge in [0.1, 0.15) is 5.82 Å². The van der Waals surface area contributed by atoms with Crippen LogP contribution in [0, 0.1) is 24.6 Å². The molecule has 12 heteroatoms. The van der Waals surface area contributed by atoms with Gasteiger partial charge in [-0.15, -0.1) is 5.10 Å². The highest BCUT2D eigenvalue weighted by molar-refractivity contribution is 7.89. The molecule has 0 unspecified atom stereocenters. The fourth-order valence-electron chi connectivity index (χ4n) is 5.96. The number of fused-ring (bicyclic) bond motifs is 2. The number of benzene rings is 2. The summed E-state index contributed by atoms with van der Waals surface area (Å²) >= 11 is 0. The summed E-state index contributed by atoms with van der Waals surface area (Å²) in [7, 11) is -2.29. The Morgan fingerprint density at radius 3 is 2.62 bits per heavy atom. The van der Waals surface area contributed by atoms with Gasteiger partial charge in [-0.3, -0.25) is 4.79 Å². The quantitative estimate of drug-likeness (QED) is 0.413. The third-order valence-corrected chi connectivity index (χ3v) is 9.32. The number of hydrogen-bond acceptors (Lipinski definition) is 6. The van der Waals surface area contributed by atoms with E-state index in [1.54, 1.807) is 30.1 Å². The molecular weight excluding hydrogens is 497 g/mol. The van der Waals surface area contributed by atoms with Crippen LogP contribution in [-0.2, 0) is 27.3 Å². The molecule has 3 atom stereocenters. The lowest BCUT2D eigenvalue weighted by atomic mass is 9.88. The number of piperidine rings is 1. The van der Waals surface area contributed by atoms with Crippen molar-refractivity contribution in [3.8, 4) is 5.69 Å². The molecule has 2 fully saturated rings. The minimum atomic E-state index is -3.86. The van der Waals surface area contributed by atoms with Crippen LogP contribution in [0.4, 0.5) is 4.39 Å². The van der Waals surface area contributed by atoms with Crippen LogP contribution in [0.5, 0.6) is 0 Å². The molecule has 37 heavy (non-hydrogen) atoms. The Kier molecular flexibility index (Phi) is 5.25. The number of hydrogen-bond donors (Lipinski definition) is 1. The Morgan fingerprint density at radius 2 is 1.95 bits per heavy atom. The molecule has 1 saturated carbocycles. The first kappa shape index (κ1) is 23.7. The second kappa shape index (κ2) is 8.18. The Balaban J connectivity index is 1.42. The van der Waals surface area contributed by atoms with Gasteiger partial charge in [0.25, 0.3) is 10.0 Å². The molecule has 0 bridgehead atoms. The second-order valence-corrected chi connectivity index (χ2v) is 11.6. The molecule has 2 aliphatic rings. The summed E-state index contributed by atoms with van der Waals surface area (Å²) in [4.78, 5) is 14.3. The monoisotopic (exact) mass is 523 g/mol. The third kappa shape index (κ3) is 3.50. The highest BCUT2D eigenvalue weighted by atomic mass is 32.2. The zero-order chi connectivity index (χ0) is 26.1. The molecule has 1 N–H and O–H groups in total. The number of rotatable bonds is 6. The van der Waals surface area contributed by atoms with Crippen molar-refractivity contribution in [3.63, 3.8) is 0 Å². The molecule has 0 radical (unpaired) electrons. The van der Waals surface area contributed by atoms with Crippen LogP contribution in [-0.4, -0.2) is 63.0 Å². The number of sulfonamides is 1. The highest BCUT2D eigenvalue weighted by Gasteiger charge is 2.74. The Morgan fingerprint density at radius 1 is 1.19 bits per heavy atom. The largest absolute Gasteiger partial charge is 0.356 e. The molecule has 2 aromatic carbocycles. The van der Waals surface area contributed by atoms with Gasteiger partial charge in [0.15, 0.2) is 0 Å². The lowest BCUT2D eigenvalue weighted by Gasteiger charge is -2.24. The van der Waals surface area contributed by atoms with Crippen LogP contribution < -0.4 is 5.32 Å². The van der Waals surface area contributed by atoms with E-state index in [0.29, 0.717) is 6.54 Å². The van der Waals surface area contributed by atoms with Crippen molar-refractivity contribution in [2.75, 3.05) is 19.6 Å². The summed E-state index contributed by atoms with van der Waals surface area (Å²) in [6.07, 6.45) is 2.98. The number of aryl methyl sites for hydroxylation is 2. The van der Waals surface area contributed by atoms with Crippen LogP contribution in [0.15, 0.2) is 53.8 Å². The Hall–Kier alpha value is -3.64. The molecule has 6 rings (SSSR count). The maximum absolute atomic E-state index is 13.4. The molecule has 0 spiro atoms. The van der Waals surface area contributed by atoms with Crippen molar-refractivity contribution < 1.29 is 17.6 Å². The standard InChI is InChI=1S/C25H26FN7O3S/c1-4-27-24(34)23-20-13-32(37(35,36)22-12-28-31(3)30-22)14-25(20,23)19-10-16-11-29-33(21(16)9-15(19)2)18-7-5-17(26)6-8-18/h5-12,20,23H,4,13-14H2,1-3H3,(H,27,34)/t20-,23+,25+/m1/s1. The first-order valence-electron chi connectivity index (χ1n) is 12.1. The topological polar surface area (TPSA) is 115 Å². The Labute approximate surface area is 213 Å². The molecule has 1 amide bonds. The minimum absolute atomic E-state index is 0.0643. The summed E-state index contributed by atoms with van der Waals surface area (Å²) in [6, 6.07) is 10.1. The fraction of sp³-hybridized carbons (Fsp3) is 0.360. The zero-order valence-electron chi connectivity index (χ0n) is 20.6. The van der Waals surface area contributed by atoms with Crippen LogP contribution in [0.25, 0.3) is 16.6 Å². The van der Waals surface area contributed by atoms with Crippen molar-refractivity contribution >= 4 is 26.8 Å². The summed E-state index contributed by atoms with van der Waals surface area (Å²) in [5.74, 6) is -0.875. The van der Waals surface area contributed by atoms with Crippen LogP contribution in [0.1, 0.15) is 18.1 Å². The SMILES string of the molecule is CCNC(=O)[C@@H]1[C@H]2CN(S(=O)(=O)c3cnn(C)n3)C[C@]21c1cc2cnn(-c3ccc(F)cc3)c2cc1C. The lowest BCUT2D eigenvalue weighted by Crippen LogP contribution is -2.39. The second-order valence-electron chi connectivity index (χ2n) is 9.75. The summed E-state index contributed by atoms with van der Waals surface area (Å²) < 4.78 is 43.3. The summed E-state index contributed by atoms with van der Waals surface area (Å²) in [5.41, 5.74) is 2.81. The number of halogens is 1. The lowest BCUT2D eigenvalue weighted by molar-refractivity contribution is -0.123. The van der Waals surface area contributed by atoms with Crippen molar-refractivity contribution in [3.05, 3.63) is 65.7 Å². The van der Waals surface area contributed by atoms with Crippen LogP contribution in [0.3, 0.4) is 0 Å². The van der Waals surface area contributed by atoms with Crippen molar-refractivity contribution in [2.45, 2.75) is 24.3 Å². The average molecular weight is 524 g/mol. The molecule has 4 aromatic rings. The predicted octanol–water partition coefficient (Wildman–Crippen LogP) is 1.93. The van der Waals surface area contributed by atoms with Gasteiger partial charge in [0.2, 0.25) is 10.9 Å². The van der Waals surface area contributed by atoms with E-state index in [0.717, 1.165) is 27.7 Å². The molecule has 1 aliphatic carbocycles. The van der Waals surface area contributed by atoms with Crippen molar-refractivity contribution in [1.29, 1.82) is 0 Å². The summed E-state index contributed by atoms with van der Waals surface area (Å²) in [5, 5.41) is 16.1. The first-order valence-corrected chi connectivity index (χ1v) is 13.5. The number of aromatic nitrogens is 5. The molecule has 3 heterocycles. The average Bonchev–Trinajstić information content (AvgIpc) is 3.28. The number of nitrogens with zero attached hydrogens (tertiary/aromatic N) is 6. The normalized spacial score (nSPS) is 23.4. The van der Waals surface area contributed by atoms with Gasteiger partial charge < -0.3 is 5.32 Å². The van der Waals surface area contributed by atoms with Crippen LogP contribution >= 0.6 is 0 Å². The minimum Gasteiger partial charge on any atom is -0.356 e. The fourth-order valence-corrected chi connectivity index (χ4v) is 7.37. The van der Waals surface area contributed by atoms with E-state index in [-0.39, 0.29) is 41.7 Å². The number of carbonyl (C=O) groups is 1. The number of amides is 1. The third-order valence-electron chi connectivity index (χ3n) is 7.65. The first-order chi connectivity index (χ1) is 17.7. The van der Waals surface area contributed by atoms with Crippen molar-refractivity contribution in [1.82, 2.24) is 34.4 Å². The Bertz CT molecular complexity index is 1650. The van der Waals surface area contributed by atoms with Gasteiger partial charge in [0, 0.05) is 37.5 Å². The van der Waals surface area contributed by atoms with Gasteiger partial charge in [-0.05, 0) is 67.3 Å². The summed E-state index contributed by atoms with van der Waals surface area (Å²) in [6.45, 7) is 4.75. The molecule has 2 aromatic heterocycles. The molecule has 1 aliphatic heterocycles. The van der Waals surface area contributed by atoms with E-state index >= 15 is 0 Å². The van der Waals surface area contributed by atoms with E-state index in [2.05, 4.69) is 20.6 Å². The number of carbonyl (C=O) groups excluding carboxylic acids is 1. The molecule has 192 valence electrons. The van der Waals surface area contributed by atoms with Gasteiger partial charge in [-0.1, -0.05) is 0 Å². The molecule has 1 saturated heterocycles. The maximum Gasteiger partial charge on any atom is 0.264 e.